The molecule has 0 spiro atoms. The van der Waals surface area contributed by atoms with E-state index in [-0.39, 0.29) is 38.0 Å². The number of hydrogen-bond acceptors (Lipinski definition) is 13. The lowest BCUT2D eigenvalue weighted by atomic mass is 9.98. The Morgan fingerprint density at radius 2 is 1.12 bits per heavy atom. The van der Waals surface area contributed by atoms with Gasteiger partial charge in [-0.25, -0.2) is 19.2 Å². The SMILES string of the molecule is CNC(C(=O)OC(C)C(=O)NC(CCCCNC(=O)OCC1c2ccccc2-c2ccccc21)C(=O)OC(C(=O)NC(C(=O)OC(C)C(=O)OCc1ccccc1)C(C)C)C(C)C)C(C)C. The van der Waals surface area contributed by atoms with Crippen molar-refractivity contribution >= 4 is 41.8 Å². The molecule has 0 saturated heterocycles. The normalized spacial score (nSPS) is 14.7. The molecule has 0 saturated carbocycles. The van der Waals surface area contributed by atoms with Gasteiger partial charge in [-0.15, -0.1) is 0 Å². The van der Waals surface area contributed by atoms with E-state index in [9.17, 15) is 33.6 Å². The Hall–Kier alpha value is -6.29. The molecule has 0 radical (unpaired) electrons. The molecule has 0 heterocycles. The molecule has 6 atom stereocenters. The lowest BCUT2D eigenvalue weighted by Crippen LogP contribution is -2.53. The quantitative estimate of drug-likeness (QED) is 0.0480. The second-order valence-electron chi connectivity index (χ2n) is 17.4. The van der Waals surface area contributed by atoms with Gasteiger partial charge in [-0.1, -0.05) is 120 Å². The van der Waals surface area contributed by atoms with Crippen LogP contribution in [0.15, 0.2) is 78.9 Å². The van der Waals surface area contributed by atoms with Crippen LogP contribution in [-0.2, 0) is 59.1 Å². The average molecular weight is 915 g/mol. The van der Waals surface area contributed by atoms with Gasteiger partial charge in [0.15, 0.2) is 18.3 Å². The third kappa shape index (κ3) is 14.9. The Balaban J connectivity index is 1.37. The molecule has 1 aliphatic carbocycles. The van der Waals surface area contributed by atoms with Gasteiger partial charge >= 0.3 is 30.0 Å². The number of carbonyl (C=O) groups is 7. The van der Waals surface area contributed by atoms with E-state index in [0.717, 1.165) is 27.8 Å². The van der Waals surface area contributed by atoms with Gasteiger partial charge in [0.2, 0.25) is 0 Å². The molecule has 4 rings (SSSR count). The summed E-state index contributed by atoms with van der Waals surface area (Å²) >= 11 is 0. The molecule has 4 N–H and O–H groups in total. The fraction of sp³-hybridized carbons (Fsp3) is 0.500. The number of carbonyl (C=O) groups excluding carboxylic acids is 7. The van der Waals surface area contributed by atoms with Gasteiger partial charge < -0.3 is 45.0 Å². The first kappa shape index (κ1) is 52.3. The number of nitrogens with one attached hydrogen (secondary N) is 4. The summed E-state index contributed by atoms with van der Waals surface area (Å²) in [6.45, 7) is 13.3. The summed E-state index contributed by atoms with van der Waals surface area (Å²) in [7, 11) is 1.60. The zero-order valence-electron chi connectivity index (χ0n) is 39.4. The maximum Gasteiger partial charge on any atom is 0.407 e. The average Bonchev–Trinajstić information content (AvgIpc) is 3.60. The summed E-state index contributed by atoms with van der Waals surface area (Å²) in [5.41, 5.74) is 5.13. The highest BCUT2D eigenvalue weighted by atomic mass is 16.6. The van der Waals surface area contributed by atoms with Crippen molar-refractivity contribution in [1.29, 1.82) is 0 Å². The smallest absolute Gasteiger partial charge is 0.407 e. The van der Waals surface area contributed by atoms with E-state index in [0.29, 0.717) is 12.8 Å². The van der Waals surface area contributed by atoms with Gasteiger partial charge in [-0.05, 0) is 85.7 Å². The van der Waals surface area contributed by atoms with E-state index in [1.807, 2.05) is 56.3 Å². The Kier molecular flexibility index (Phi) is 20.2. The number of amides is 3. The van der Waals surface area contributed by atoms with E-state index in [4.69, 9.17) is 23.7 Å². The fourth-order valence-corrected chi connectivity index (χ4v) is 7.45. The van der Waals surface area contributed by atoms with Gasteiger partial charge in [-0.2, -0.15) is 0 Å². The van der Waals surface area contributed by atoms with Crippen molar-refractivity contribution in [3.63, 3.8) is 0 Å². The van der Waals surface area contributed by atoms with Crippen LogP contribution in [0.3, 0.4) is 0 Å². The Labute approximate surface area is 387 Å². The zero-order valence-corrected chi connectivity index (χ0v) is 39.4. The molecule has 3 aromatic carbocycles. The predicted octanol–water partition coefficient (Wildman–Crippen LogP) is 5.74. The van der Waals surface area contributed by atoms with Crippen LogP contribution in [0.4, 0.5) is 4.79 Å². The number of esters is 4. The molecular formula is C50H66N4O12. The van der Waals surface area contributed by atoms with Crippen LogP contribution in [0.5, 0.6) is 0 Å². The van der Waals surface area contributed by atoms with E-state index in [1.54, 1.807) is 59.0 Å². The van der Waals surface area contributed by atoms with Crippen molar-refractivity contribution in [2.24, 2.45) is 17.8 Å². The molecule has 6 unspecified atom stereocenters. The fourth-order valence-electron chi connectivity index (χ4n) is 7.45. The third-order valence-corrected chi connectivity index (χ3v) is 11.2. The summed E-state index contributed by atoms with van der Waals surface area (Å²) in [4.78, 5) is 92.7. The molecular weight excluding hydrogens is 849 g/mol. The Bertz CT molecular complexity index is 2080. The standard InChI is InChI=1S/C50H66N4O12/c1-29(2)41(51-9)48(59)64-32(7)44(55)53-40(25-17-18-26-52-50(61)63-28-39-37-23-15-13-21-35(37)36-22-14-16-24-38(36)39)47(58)66-43(31(5)6)45(56)54-42(30(3)4)49(60)65-33(8)46(57)62-27-34-19-11-10-12-20-34/h10-16,19-24,29-33,39-43,51H,17-18,25-28H2,1-9H3,(H,52,61)(H,53,55)(H,54,56). The lowest BCUT2D eigenvalue weighted by Gasteiger charge is -2.28. The van der Waals surface area contributed by atoms with Crippen LogP contribution in [0, 0.1) is 17.8 Å². The van der Waals surface area contributed by atoms with Crippen LogP contribution < -0.4 is 21.3 Å². The molecule has 0 bridgehead atoms. The highest BCUT2D eigenvalue weighted by Crippen LogP contribution is 2.44. The van der Waals surface area contributed by atoms with Gasteiger partial charge in [0.1, 0.15) is 31.3 Å². The predicted molar refractivity (Wildman–Crippen MR) is 245 cm³/mol. The van der Waals surface area contributed by atoms with Gasteiger partial charge in [0.25, 0.3) is 11.8 Å². The van der Waals surface area contributed by atoms with Gasteiger partial charge in [0.05, 0.1) is 0 Å². The molecule has 3 aromatic rings. The molecule has 358 valence electrons. The van der Waals surface area contributed by atoms with Crippen LogP contribution in [0.25, 0.3) is 11.1 Å². The minimum absolute atomic E-state index is 0.0218. The number of rotatable bonds is 24. The van der Waals surface area contributed by atoms with E-state index in [1.165, 1.54) is 13.8 Å². The van der Waals surface area contributed by atoms with Gasteiger partial charge in [-0.3, -0.25) is 14.4 Å². The summed E-state index contributed by atoms with van der Waals surface area (Å²) < 4.78 is 27.5. The lowest BCUT2D eigenvalue weighted by molar-refractivity contribution is -0.170. The Morgan fingerprint density at radius 3 is 1.70 bits per heavy atom. The molecule has 0 aliphatic heterocycles. The monoisotopic (exact) mass is 914 g/mol. The maximum atomic E-state index is 13.9. The van der Waals surface area contributed by atoms with Crippen LogP contribution in [0.1, 0.15) is 97.3 Å². The number of likely N-dealkylation sites (N-methyl/N-ethyl adjacent to an activating group) is 1. The number of unbranched alkanes of at least 4 members (excludes halogenated alkanes) is 1. The first-order chi connectivity index (χ1) is 31.4. The van der Waals surface area contributed by atoms with Crippen LogP contribution in [0.2, 0.25) is 0 Å². The summed E-state index contributed by atoms with van der Waals surface area (Å²) in [5.74, 6) is -6.20. The minimum atomic E-state index is -1.42. The first-order valence-electron chi connectivity index (χ1n) is 22.6. The van der Waals surface area contributed by atoms with E-state index >= 15 is 0 Å². The van der Waals surface area contributed by atoms with Crippen molar-refractivity contribution in [2.45, 2.75) is 124 Å². The first-order valence-corrected chi connectivity index (χ1v) is 22.6. The zero-order chi connectivity index (χ0) is 48.5. The van der Waals surface area contributed by atoms with Crippen molar-refractivity contribution in [3.8, 4) is 11.1 Å². The highest BCUT2D eigenvalue weighted by Gasteiger charge is 2.37. The maximum absolute atomic E-state index is 13.9. The van der Waals surface area contributed by atoms with E-state index in [2.05, 4.69) is 33.4 Å². The molecule has 0 fully saturated rings. The molecule has 0 aromatic heterocycles. The summed E-state index contributed by atoms with van der Waals surface area (Å²) in [6, 6.07) is 21.8. The number of ether oxygens (including phenoxy) is 5. The second kappa shape index (κ2) is 25.4. The van der Waals surface area contributed by atoms with E-state index < -0.39 is 90.1 Å². The van der Waals surface area contributed by atoms with Crippen molar-refractivity contribution in [1.82, 2.24) is 21.3 Å². The molecule has 16 heteroatoms. The molecule has 16 nitrogen and oxygen atoms in total. The second-order valence-corrected chi connectivity index (χ2v) is 17.4. The van der Waals surface area contributed by atoms with Crippen LogP contribution in [-0.4, -0.2) is 98.4 Å². The third-order valence-electron chi connectivity index (χ3n) is 11.2. The highest BCUT2D eigenvalue weighted by molar-refractivity contribution is 5.92. The topological polar surface area (TPSA) is 214 Å². The summed E-state index contributed by atoms with van der Waals surface area (Å²) in [5, 5.41) is 10.8. The van der Waals surface area contributed by atoms with Gasteiger partial charge in [0, 0.05) is 12.5 Å². The molecule has 3 amide bonds. The largest absolute Gasteiger partial charge is 0.458 e. The molecule has 1 aliphatic rings. The van der Waals surface area contributed by atoms with Crippen LogP contribution >= 0.6 is 0 Å². The number of benzene rings is 3. The Morgan fingerprint density at radius 1 is 0.561 bits per heavy atom. The van der Waals surface area contributed by atoms with Crippen molar-refractivity contribution in [2.75, 3.05) is 20.2 Å². The number of fused-ring (bicyclic) bond motifs is 3. The van der Waals surface area contributed by atoms with Crippen molar-refractivity contribution in [3.05, 3.63) is 95.6 Å². The molecule has 66 heavy (non-hydrogen) atoms. The minimum Gasteiger partial charge on any atom is -0.458 e. The summed E-state index contributed by atoms with van der Waals surface area (Å²) in [6.07, 6.45) is -3.91. The number of hydrogen-bond donors (Lipinski definition) is 4. The number of alkyl carbamates (subject to hydrolysis) is 1. The van der Waals surface area contributed by atoms with Crippen molar-refractivity contribution < 1.29 is 57.2 Å².